The molecule has 1 saturated heterocycles. The summed E-state index contributed by atoms with van der Waals surface area (Å²) >= 11 is 0. The van der Waals surface area contributed by atoms with Crippen molar-refractivity contribution < 1.29 is 22.3 Å². The Morgan fingerprint density at radius 1 is 1.22 bits per heavy atom. The fraction of sp³-hybridized carbons (Fsp3) is 1.00. The molecule has 0 aromatic carbocycles. The Hall–Kier alpha value is -0.0731. The van der Waals surface area contributed by atoms with Crippen LogP contribution in [0.4, 0.5) is 13.2 Å². The van der Waals surface area contributed by atoms with Crippen LogP contribution in [-0.2, 0) is 9.15 Å². The Balaban J connectivity index is 2.03. The second-order valence-corrected chi connectivity index (χ2v) is 3.60. The smallest absolute Gasteiger partial charge is 0.261 e. The lowest BCUT2D eigenvalue weighted by Gasteiger charge is -2.00. The molecule has 2 nitrogen and oxygen atoms in total. The van der Waals surface area contributed by atoms with Crippen molar-refractivity contribution in [2.75, 3.05) is 0 Å². The molecule has 0 radical (unpaired) electrons. The molecule has 1 aliphatic rings. The van der Waals surface area contributed by atoms with E-state index in [9.17, 15) is 13.2 Å². The summed E-state index contributed by atoms with van der Waals surface area (Å²) in [5, 5.41) is 0. The molecular formula is C3H5F3O2Si. The van der Waals surface area contributed by atoms with Gasteiger partial charge in [0.1, 0.15) is 0 Å². The van der Waals surface area contributed by atoms with Crippen molar-refractivity contribution in [3.8, 4) is 0 Å². The lowest BCUT2D eigenvalue weighted by atomic mass is 10.5. The third-order valence-electron chi connectivity index (χ3n) is 0.896. The van der Waals surface area contributed by atoms with Gasteiger partial charge in [0.15, 0.2) is 0 Å². The van der Waals surface area contributed by atoms with Gasteiger partial charge in [0.25, 0.3) is 0 Å². The van der Waals surface area contributed by atoms with E-state index in [0.717, 1.165) is 0 Å². The van der Waals surface area contributed by atoms with E-state index in [1.807, 2.05) is 0 Å². The fourth-order valence-electron chi connectivity index (χ4n) is 0.417. The van der Waals surface area contributed by atoms with Gasteiger partial charge >= 0.3 is 15.5 Å². The van der Waals surface area contributed by atoms with Crippen LogP contribution in [0.5, 0.6) is 0 Å². The van der Waals surface area contributed by atoms with Gasteiger partial charge in [-0.05, 0) is 0 Å². The normalized spacial score (nSPS) is 20.3. The monoisotopic (exact) mass is 158 g/mol. The van der Waals surface area contributed by atoms with Crippen molar-refractivity contribution in [1.82, 2.24) is 0 Å². The van der Waals surface area contributed by atoms with Crippen LogP contribution in [0.3, 0.4) is 0 Å². The first kappa shape index (κ1) is 7.04. The zero-order valence-corrected chi connectivity index (χ0v) is 5.60. The highest BCUT2D eigenvalue weighted by molar-refractivity contribution is 6.49. The average Bonchev–Trinajstić information content (AvgIpc) is 2.38. The highest BCUT2D eigenvalue weighted by Gasteiger charge is 2.36. The minimum atomic E-state index is -4.05. The van der Waals surface area contributed by atoms with Crippen LogP contribution in [0.25, 0.3) is 0 Å². The zero-order chi connectivity index (χ0) is 6.91. The lowest BCUT2D eigenvalue weighted by Crippen LogP contribution is -2.08. The van der Waals surface area contributed by atoms with Crippen molar-refractivity contribution in [2.24, 2.45) is 0 Å². The fourth-order valence-corrected chi connectivity index (χ4v) is 1.49. The number of halogens is 3. The maximum absolute atomic E-state index is 11.4. The second kappa shape index (κ2) is 2.28. The highest BCUT2D eigenvalue weighted by atomic mass is 28.3. The van der Waals surface area contributed by atoms with Gasteiger partial charge in [-0.25, -0.2) is 0 Å². The van der Waals surface area contributed by atoms with Gasteiger partial charge in [-0.2, -0.15) is 13.2 Å². The number of alkyl halides is 3. The Bertz CT molecular complexity index is 99.7. The first-order valence-electron chi connectivity index (χ1n) is 2.47. The second-order valence-electron chi connectivity index (χ2n) is 1.78. The molecule has 0 amide bonds. The van der Waals surface area contributed by atoms with Crippen LogP contribution in [0.2, 0.25) is 6.04 Å². The minimum absolute atomic E-state index is 0.0451. The molecule has 1 heterocycles. The van der Waals surface area contributed by atoms with Gasteiger partial charge < -0.3 is 0 Å². The molecule has 0 aromatic rings. The highest BCUT2D eigenvalue weighted by Crippen LogP contribution is 2.26. The number of hydrogen-bond donors (Lipinski definition) is 0. The van der Waals surface area contributed by atoms with E-state index in [1.165, 1.54) is 0 Å². The molecule has 0 spiro atoms. The van der Waals surface area contributed by atoms with Crippen molar-refractivity contribution in [1.29, 1.82) is 0 Å². The average molecular weight is 158 g/mol. The molecule has 1 aliphatic heterocycles. The van der Waals surface area contributed by atoms with E-state index >= 15 is 0 Å². The Kier molecular flexibility index (Phi) is 1.78. The van der Waals surface area contributed by atoms with Crippen molar-refractivity contribution in [3.05, 3.63) is 0 Å². The van der Waals surface area contributed by atoms with Gasteiger partial charge in [-0.3, -0.25) is 9.15 Å². The molecule has 0 saturated carbocycles. The standard InChI is InChI=1S/C3H5F3O2Si/c4-3(5,6)1-2-9-7-8-9/h9H,1-2H2. The molecule has 1 rings (SSSR count). The summed E-state index contributed by atoms with van der Waals surface area (Å²) < 4.78 is 42.6. The zero-order valence-electron chi connectivity index (χ0n) is 4.44. The summed E-state index contributed by atoms with van der Waals surface area (Å²) in [5.74, 6) is 0. The van der Waals surface area contributed by atoms with Gasteiger partial charge in [0.2, 0.25) is 0 Å². The van der Waals surface area contributed by atoms with E-state index in [-0.39, 0.29) is 6.04 Å². The van der Waals surface area contributed by atoms with Crippen LogP contribution < -0.4 is 0 Å². The lowest BCUT2D eigenvalue weighted by molar-refractivity contribution is -0.130. The molecule has 1 fully saturated rings. The van der Waals surface area contributed by atoms with E-state index in [2.05, 4.69) is 9.15 Å². The quantitative estimate of drug-likeness (QED) is 0.342. The minimum Gasteiger partial charge on any atom is -0.261 e. The molecule has 6 heteroatoms. The van der Waals surface area contributed by atoms with E-state index in [0.29, 0.717) is 0 Å². The molecule has 0 atom stereocenters. The Morgan fingerprint density at radius 2 is 1.78 bits per heavy atom. The van der Waals surface area contributed by atoms with E-state index in [1.54, 1.807) is 0 Å². The van der Waals surface area contributed by atoms with E-state index < -0.39 is 21.9 Å². The third kappa shape index (κ3) is 3.49. The SMILES string of the molecule is FC(F)(F)CC[SiH]1OO1. The molecule has 0 aliphatic carbocycles. The first-order valence-corrected chi connectivity index (χ1v) is 4.23. The molecule has 54 valence electrons. The van der Waals surface area contributed by atoms with Crippen LogP contribution in [0.15, 0.2) is 0 Å². The Morgan fingerprint density at radius 3 is 2.11 bits per heavy atom. The maximum Gasteiger partial charge on any atom is 0.393 e. The van der Waals surface area contributed by atoms with Gasteiger partial charge in [0, 0.05) is 12.5 Å². The summed E-state index contributed by atoms with van der Waals surface area (Å²) in [6.45, 7) is 0. The van der Waals surface area contributed by atoms with Crippen molar-refractivity contribution in [3.63, 3.8) is 0 Å². The molecule has 9 heavy (non-hydrogen) atoms. The summed E-state index contributed by atoms with van der Waals surface area (Å²) in [4.78, 5) is 0. The van der Waals surface area contributed by atoms with E-state index in [4.69, 9.17) is 0 Å². The molecule has 0 N–H and O–H groups in total. The summed E-state index contributed by atoms with van der Waals surface area (Å²) in [7, 11) is -1.74. The molecule has 0 aromatic heterocycles. The molecular weight excluding hydrogens is 153 g/mol. The van der Waals surface area contributed by atoms with Crippen LogP contribution in [0.1, 0.15) is 6.42 Å². The van der Waals surface area contributed by atoms with Gasteiger partial charge in [-0.15, -0.1) is 0 Å². The summed E-state index contributed by atoms with van der Waals surface area (Å²) in [6, 6.07) is 0.0451. The predicted molar refractivity (Wildman–Crippen MR) is 24.8 cm³/mol. The van der Waals surface area contributed by atoms with Crippen molar-refractivity contribution >= 4 is 9.28 Å². The van der Waals surface area contributed by atoms with Crippen molar-refractivity contribution in [2.45, 2.75) is 18.6 Å². The Labute approximate surface area is 51.3 Å². The topological polar surface area (TPSA) is 25.1 Å². The maximum atomic E-state index is 11.4. The van der Waals surface area contributed by atoms with Crippen LogP contribution >= 0.6 is 0 Å². The molecule has 0 unspecified atom stereocenters. The third-order valence-corrected chi connectivity index (χ3v) is 2.12. The van der Waals surface area contributed by atoms with Crippen LogP contribution in [0, 0.1) is 0 Å². The largest absolute Gasteiger partial charge is 0.393 e. The summed E-state index contributed by atoms with van der Waals surface area (Å²) in [6.07, 6.45) is -4.83. The number of rotatable bonds is 2. The summed E-state index contributed by atoms with van der Waals surface area (Å²) in [5.41, 5.74) is 0. The molecule has 0 bridgehead atoms. The number of hydrogen-bond acceptors (Lipinski definition) is 2. The van der Waals surface area contributed by atoms with Gasteiger partial charge in [0.05, 0.1) is 0 Å². The predicted octanol–water partition coefficient (Wildman–Crippen LogP) is 1.12. The van der Waals surface area contributed by atoms with Gasteiger partial charge in [-0.1, -0.05) is 0 Å². The first-order chi connectivity index (χ1) is 4.08. The van der Waals surface area contributed by atoms with Crippen LogP contribution in [-0.4, -0.2) is 15.5 Å².